The first-order chi connectivity index (χ1) is 6.24. The lowest BCUT2D eigenvalue weighted by atomic mass is 10.3. The highest BCUT2D eigenvalue weighted by molar-refractivity contribution is 5.35. The van der Waals surface area contributed by atoms with Crippen molar-refractivity contribution < 1.29 is 4.92 Å². The summed E-state index contributed by atoms with van der Waals surface area (Å²) in [6.45, 7) is 0.261. The Labute approximate surface area is 74.7 Å². The van der Waals surface area contributed by atoms with Gasteiger partial charge in [0.1, 0.15) is 0 Å². The third-order valence-electron chi connectivity index (χ3n) is 1.27. The molecule has 66 valence electrons. The standard InChI is InChI=1S/C8H7N3O2/c9-5-1-2-7-3-4-8(10-6-7)11(12)13/h3-4,6H,5,9H2. The van der Waals surface area contributed by atoms with Crippen LogP contribution in [0.3, 0.4) is 0 Å². The molecule has 0 saturated heterocycles. The van der Waals surface area contributed by atoms with E-state index >= 15 is 0 Å². The maximum Gasteiger partial charge on any atom is 0.363 e. The monoisotopic (exact) mass is 177 g/mol. The Hall–Kier alpha value is -1.93. The van der Waals surface area contributed by atoms with Gasteiger partial charge in [-0.25, -0.2) is 0 Å². The molecule has 0 bridgehead atoms. The van der Waals surface area contributed by atoms with Crippen molar-refractivity contribution in [3.05, 3.63) is 34.0 Å². The molecule has 1 heterocycles. The molecule has 0 amide bonds. The molecule has 0 atom stereocenters. The van der Waals surface area contributed by atoms with E-state index in [4.69, 9.17) is 5.73 Å². The molecule has 1 aromatic heterocycles. The molecule has 1 rings (SSSR count). The summed E-state index contributed by atoms with van der Waals surface area (Å²) in [4.78, 5) is 13.2. The van der Waals surface area contributed by atoms with Crippen LogP contribution in [0.5, 0.6) is 0 Å². The van der Waals surface area contributed by atoms with Gasteiger partial charge in [-0.15, -0.1) is 0 Å². The lowest BCUT2D eigenvalue weighted by Gasteiger charge is -1.89. The van der Waals surface area contributed by atoms with E-state index in [0.717, 1.165) is 0 Å². The van der Waals surface area contributed by atoms with Crippen LogP contribution >= 0.6 is 0 Å². The van der Waals surface area contributed by atoms with Crippen LogP contribution in [-0.2, 0) is 0 Å². The van der Waals surface area contributed by atoms with Crippen LogP contribution in [0.1, 0.15) is 5.56 Å². The van der Waals surface area contributed by atoms with Gasteiger partial charge in [0, 0.05) is 6.07 Å². The summed E-state index contributed by atoms with van der Waals surface area (Å²) in [5.74, 6) is 5.15. The summed E-state index contributed by atoms with van der Waals surface area (Å²) >= 11 is 0. The predicted octanol–water partition coefficient (Wildman–Crippen LogP) is 0.300. The first-order valence-electron chi connectivity index (χ1n) is 3.53. The van der Waals surface area contributed by atoms with Crippen LogP contribution in [0.25, 0.3) is 0 Å². The van der Waals surface area contributed by atoms with Crippen LogP contribution in [0.15, 0.2) is 18.3 Å². The fourth-order valence-corrected chi connectivity index (χ4v) is 0.721. The number of pyridine rings is 1. The highest BCUT2D eigenvalue weighted by atomic mass is 16.6. The maximum atomic E-state index is 10.2. The Morgan fingerprint density at radius 2 is 2.38 bits per heavy atom. The molecule has 13 heavy (non-hydrogen) atoms. The van der Waals surface area contributed by atoms with E-state index in [-0.39, 0.29) is 12.4 Å². The van der Waals surface area contributed by atoms with Gasteiger partial charge >= 0.3 is 5.82 Å². The Morgan fingerprint density at radius 1 is 1.62 bits per heavy atom. The Morgan fingerprint density at radius 3 is 2.85 bits per heavy atom. The zero-order chi connectivity index (χ0) is 9.68. The van der Waals surface area contributed by atoms with E-state index in [1.54, 1.807) is 0 Å². The number of aromatic nitrogens is 1. The zero-order valence-corrected chi connectivity index (χ0v) is 6.73. The van der Waals surface area contributed by atoms with E-state index in [0.29, 0.717) is 5.56 Å². The summed E-state index contributed by atoms with van der Waals surface area (Å²) in [5.41, 5.74) is 5.77. The third kappa shape index (κ3) is 2.54. The van der Waals surface area contributed by atoms with Crippen molar-refractivity contribution in [3.8, 4) is 11.8 Å². The number of hydrogen-bond acceptors (Lipinski definition) is 4. The largest absolute Gasteiger partial charge is 0.363 e. The Balaban J connectivity index is 2.87. The van der Waals surface area contributed by atoms with E-state index in [9.17, 15) is 10.1 Å². The minimum absolute atomic E-state index is 0.182. The number of nitrogens with zero attached hydrogens (tertiary/aromatic N) is 2. The van der Waals surface area contributed by atoms with Gasteiger partial charge in [0.15, 0.2) is 6.20 Å². The summed E-state index contributed by atoms with van der Waals surface area (Å²) in [7, 11) is 0. The second kappa shape index (κ2) is 4.18. The first kappa shape index (κ1) is 9.16. The molecule has 5 heteroatoms. The van der Waals surface area contributed by atoms with Gasteiger partial charge in [-0.2, -0.15) is 0 Å². The van der Waals surface area contributed by atoms with Gasteiger partial charge in [0.05, 0.1) is 12.1 Å². The average molecular weight is 177 g/mol. The molecule has 0 aliphatic rings. The number of nitrogens with two attached hydrogens (primary N) is 1. The Kier molecular flexibility index (Phi) is 2.95. The van der Waals surface area contributed by atoms with Crippen LogP contribution in [0, 0.1) is 22.0 Å². The second-order valence-electron chi connectivity index (χ2n) is 2.17. The number of rotatable bonds is 1. The molecule has 5 nitrogen and oxygen atoms in total. The normalized spacial score (nSPS) is 8.69. The summed E-state index contributed by atoms with van der Waals surface area (Å²) < 4.78 is 0. The SMILES string of the molecule is NCC#Cc1ccc([N+](=O)[O-])nc1. The first-order valence-corrected chi connectivity index (χ1v) is 3.53. The highest BCUT2D eigenvalue weighted by Gasteiger charge is 2.03. The third-order valence-corrected chi connectivity index (χ3v) is 1.27. The molecule has 0 fully saturated rings. The minimum Gasteiger partial charge on any atom is -0.358 e. The highest BCUT2D eigenvalue weighted by Crippen LogP contribution is 2.05. The van der Waals surface area contributed by atoms with Crippen molar-refractivity contribution in [3.63, 3.8) is 0 Å². The average Bonchev–Trinajstić information content (AvgIpc) is 2.15. The van der Waals surface area contributed by atoms with Gasteiger partial charge in [0.2, 0.25) is 0 Å². The quantitative estimate of drug-likeness (QED) is 0.380. The number of nitro groups is 1. The second-order valence-corrected chi connectivity index (χ2v) is 2.17. The van der Waals surface area contributed by atoms with Crippen molar-refractivity contribution in [1.29, 1.82) is 0 Å². The van der Waals surface area contributed by atoms with E-state index in [1.165, 1.54) is 18.3 Å². The molecule has 0 aromatic carbocycles. The van der Waals surface area contributed by atoms with Gasteiger partial charge in [-0.1, -0.05) is 11.8 Å². The minimum atomic E-state index is -0.555. The summed E-state index contributed by atoms with van der Waals surface area (Å²) in [5, 5.41) is 10.2. The smallest absolute Gasteiger partial charge is 0.358 e. The van der Waals surface area contributed by atoms with Crippen molar-refractivity contribution in [2.45, 2.75) is 0 Å². The lowest BCUT2D eigenvalue weighted by molar-refractivity contribution is -0.389. The zero-order valence-electron chi connectivity index (χ0n) is 6.73. The molecule has 0 spiro atoms. The molecule has 0 saturated carbocycles. The van der Waals surface area contributed by atoms with Gasteiger partial charge in [0.25, 0.3) is 0 Å². The van der Waals surface area contributed by atoms with Gasteiger partial charge in [-0.05, 0) is 16.0 Å². The van der Waals surface area contributed by atoms with Crippen molar-refractivity contribution >= 4 is 5.82 Å². The Bertz CT molecular complexity index is 361. The fraction of sp³-hybridized carbons (Fsp3) is 0.125. The topological polar surface area (TPSA) is 82.0 Å². The van der Waals surface area contributed by atoms with Crippen molar-refractivity contribution in [2.75, 3.05) is 6.54 Å². The number of hydrogen-bond donors (Lipinski definition) is 1. The molecule has 2 N–H and O–H groups in total. The van der Waals surface area contributed by atoms with Crippen LogP contribution < -0.4 is 5.73 Å². The summed E-state index contributed by atoms with van der Waals surface area (Å²) in [6.07, 6.45) is 1.35. The summed E-state index contributed by atoms with van der Waals surface area (Å²) in [6, 6.07) is 2.84. The van der Waals surface area contributed by atoms with Crippen LogP contribution in [0.4, 0.5) is 5.82 Å². The van der Waals surface area contributed by atoms with Crippen molar-refractivity contribution in [2.24, 2.45) is 5.73 Å². The molecule has 0 aliphatic carbocycles. The molecule has 1 aromatic rings. The predicted molar refractivity (Wildman–Crippen MR) is 46.8 cm³/mol. The molecule has 0 aliphatic heterocycles. The molecule has 0 unspecified atom stereocenters. The molecule has 0 radical (unpaired) electrons. The van der Waals surface area contributed by atoms with Gasteiger partial charge in [-0.3, -0.25) is 0 Å². The van der Waals surface area contributed by atoms with Crippen LogP contribution in [0.2, 0.25) is 0 Å². The van der Waals surface area contributed by atoms with Gasteiger partial charge < -0.3 is 15.8 Å². The van der Waals surface area contributed by atoms with Crippen molar-refractivity contribution in [1.82, 2.24) is 4.98 Å². The van der Waals surface area contributed by atoms with Crippen LogP contribution in [-0.4, -0.2) is 16.5 Å². The lowest BCUT2D eigenvalue weighted by Crippen LogP contribution is -1.94. The fourth-order valence-electron chi connectivity index (χ4n) is 0.721. The molecular weight excluding hydrogens is 170 g/mol. The molecular formula is C8H7N3O2. The maximum absolute atomic E-state index is 10.2. The van der Waals surface area contributed by atoms with E-state index < -0.39 is 4.92 Å². The van der Waals surface area contributed by atoms with E-state index in [2.05, 4.69) is 16.8 Å². The van der Waals surface area contributed by atoms with E-state index in [1.807, 2.05) is 0 Å².